The lowest BCUT2D eigenvalue weighted by Crippen LogP contribution is -2.27. The van der Waals surface area contributed by atoms with Crippen LogP contribution in [0, 0.1) is 5.82 Å². The quantitative estimate of drug-likeness (QED) is 0.731. The number of aromatic nitrogens is 3. The molecule has 0 saturated carbocycles. The zero-order valence-electron chi connectivity index (χ0n) is 11.9. The first kappa shape index (κ1) is 15.6. The predicted molar refractivity (Wildman–Crippen MR) is 88.5 cm³/mol. The number of para-hydroxylation sites is 1. The molecule has 3 rings (SSSR count). The van der Waals surface area contributed by atoms with E-state index in [1.807, 2.05) is 6.26 Å². The number of nitrogens with zero attached hydrogens (tertiary/aromatic N) is 3. The summed E-state index contributed by atoms with van der Waals surface area (Å²) < 4.78 is 15.8. The molecule has 0 aliphatic rings. The highest BCUT2D eigenvalue weighted by atomic mass is 32.2. The summed E-state index contributed by atoms with van der Waals surface area (Å²) in [5.41, 5.74) is 0.105. The van der Waals surface area contributed by atoms with Gasteiger partial charge < -0.3 is 5.32 Å². The van der Waals surface area contributed by atoms with Crippen molar-refractivity contribution < 1.29 is 9.18 Å². The van der Waals surface area contributed by atoms with Gasteiger partial charge >= 0.3 is 0 Å². The fraction of sp³-hybridized carbons (Fsp3) is 0.143. The predicted octanol–water partition coefficient (Wildman–Crippen LogP) is 2.35. The number of benzene rings is 1. The zero-order chi connectivity index (χ0) is 16.4. The van der Waals surface area contributed by atoms with E-state index >= 15 is 0 Å². The van der Waals surface area contributed by atoms with Crippen molar-refractivity contribution in [2.75, 3.05) is 11.6 Å². The minimum Gasteiger partial charge on any atom is -0.322 e. The zero-order valence-corrected chi connectivity index (χ0v) is 13.6. The SMILES string of the molecule is CSc1nc2ncn(CC(=O)Nc3ccccc3F)c(=O)c2s1. The molecule has 2 heterocycles. The van der Waals surface area contributed by atoms with E-state index in [1.54, 1.807) is 6.07 Å². The number of hydrogen-bond donors (Lipinski definition) is 1. The molecular formula is C14H11FN4O2S2. The van der Waals surface area contributed by atoms with Gasteiger partial charge in [0, 0.05) is 0 Å². The van der Waals surface area contributed by atoms with Crippen molar-refractivity contribution in [2.45, 2.75) is 10.9 Å². The fourth-order valence-electron chi connectivity index (χ4n) is 1.93. The van der Waals surface area contributed by atoms with Crippen LogP contribution in [-0.4, -0.2) is 26.7 Å². The van der Waals surface area contributed by atoms with Crippen LogP contribution < -0.4 is 10.9 Å². The Morgan fingerprint density at radius 2 is 2.22 bits per heavy atom. The molecule has 0 bridgehead atoms. The van der Waals surface area contributed by atoms with E-state index in [0.29, 0.717) is 10.3 Å². The summed E-state index contributed by atoms with van der Waals surface area (Å²) in [6, 6.07) is 5.84. The lowest BCUT2D eigenvalue weighted by molar-refractivity contribution is -0.116. The van der Waals surface area contributed by atoms with E-state index < -0.39 is 11.7 Å². The van der Waals surface area contributed by atoms with Crippen LogP contribution in [0.4, 0.5) is 10.1 Å². The van der Waals surface area contributed by atoms with Crippen LogP contribution in [0.5, 0.6) is 0 Å². The van der Waals surface area contributed by atoms with Gasteiger partial charge in [-0.25, -0.2) is 14.4 Å². The Bertz CT molecular complexity index is 938. The molecule has 0 saturated heterocycles. The Morgan fingerprint density at radius 3 is 2.96 bits per heavy atom. The van der Waals surface area contributed by atoms with Gasteiger partial charge in [0.25, 0.3) is 5.56 Å². The number of fused-ring (bicyclic) bond motifs is 1. The van der Waals surface area contributed by atoms with Crippen molar-refractivity contribution in [2.24, 2.45) is 0 Å². The molecule has 0 radical (unpaired) electrons. The number of nitrogens with one attached hydrogen (secondary N) is 1. The summed E-state index contributed by atoms with van der Waals surface area (Å²) in [5.74, 6) is -1.04. The average molecular weight is 350 g/mol. The van der Waals surface area contributed by atoms with Crippen LogP contribution >= 0.6 is 23.1 Å². The van der Waals surface area contributed by atoms with Crippen molar-refractivity contribution in [1.29, 1.82) is 0 Å². The van der Waals surface area contributed by atoms with E-state index in [2.05, 4.69) is 15.3 Å². The summed E-state index contributed by atoms with van der Waals surface area (Å²) in [6.07, 6.45) is 3.13. The molecule has 0 aliphatic heterocycles. The maximum atomic E-state index is 13.5. The van der Waals surface area contributed by atoms with Crippen LogP contribution in [0.25, 0.3) is 10.3 Å². The number of carbonyl (C=O) groups is 1. The van der Waals surface area contributed by atoms with E-state index in [9.17, 15) is 14.0 Å². The van der Waals surface area contributed by atoms with Crippen LogP contribution in [0.15, 0.2) is 39.7 Å². The molecule has 3 aromatic rings. The van der Waals surface area contributed by atoms with Gasteiger partial charge in [0.2, 0.25) is 5.91 Å². The Balaban J connectivity index is 1.84. The topological polar surface area (TPSA) is 76.9 Å². The monoisotopic (exact) mass is 350 g/mol. The second kappa shape index (κ2) is 6.47. The molecular weight excluding hydrogens is 339 g/mol. The lowest BCUT2D eigenvalue weighted by Gasteiger charge is -2.07. The molecule has 0 spiro atoms. The first-order valence-electron chi connectivity index (χ1n) is 6.53. The molecule has 0 atom stereocenters. The summed E-state index contributed by atoms with van der Waals surface area (Å²) in [7, 11) is 0. The minimum atomic E-state index is -0.533. The van der Waals surface area contributed by atoms with E-state index in [1.165, 1.54) is 52.2 Å². The lowest BCUT2D eigenvalue weighted by atomic mass is 10.3. The third kappa shape index (κ3) is 3.25. The number of anilines is 1. The highest BCUT2D eigenvalue weighted by Gasteiger charge is 2.13. The number of carbonyl (C=O) groups excluding carboxylic acids is 1. The van der Waals surface area contributed by atoms with E-state index in [-0.39, 0.29) is 17.8 Å². The maximum absolute atomic E-state index is 13.5. The smallest absolute Gasteiger partial charge is 0.273 e. The fourth-order valence-corrected chi connectivity index (χ4v) is 3.40. The summed E-state index contributed by atoms with van der Waals surface area (Å²) in [4.78, 5) is 32.6. The molecule has 118 valence electrons. The van der Waals surface area contributed by atoms with Crippen molar-refractivity contribution in [3.63, 3.8) is 0 Å². The third-order valence-corrected chi connectivity index (χ3v) is 5.02. The Morgan fingerprint density at radius 1 is 1.43 bits per heavy atom. The number of halogens is 1. The van der Waals surface area contributed by atoms with Crippen molar-refractivity contribution in [3.8, 4) is 0 Å². The summed E-state index contributed by atoms with van der Waals surface area (Å²) in [6.45, 7) is -0.247. The normalized spacial score (nSPS) is 10.9. The maximum Gasteiger partial charge on any atom is 0.273 e. The van der Waals surface area contributed by atoms with Gasteiger partial charge in [-0.15, -0.1) is 11.3 Å². The third-order valence-electron chi connectivity index (χ3n) is 3.00. The van der Waals surface area contributed by atoms with Gasteiger partial charge in [0.05, 0.1) is 5.69 Å². The van der Waals surface area contributed by atoms with Crippen molar-refractivity contribution in [1.82, 2.24) is 14.5 Å². The van der Waals surface area contributed by atoms with Crippen LogP contribution in [-0.2, 0) is 11.3 Å². The minimum absolute atomic E-state index is 0.0713. The molecule has 0 fully saturated rings. The Labute approximate surface area is 138 Å². The highest BCUT2D eigenvalue weighted by molar-refractivity contribution is 8.00. The number of thioether (sulfide) groups is 1. The number of rotatable bonds is 4. The number of amides is 1. The average Bonchev–Trinajstić information content (AvgIpc) is 2.96. The number of hydrogen-bond acceptors (Lipinski definition) is 6. The molecule has 1 N–H and O–H groups in total. The molecule has 0 unspecified atom stereocenters. The molecule has 2 aromatic heterocycles. The largest absolute Gasteiger partial charge is 0.322 e. The number of thiazole rings is 1. The molecule has 6 nitrogen and oxygen atoms in total. The van der Waals surface area contributed by atoms with Gasteiger partial charge in [-0.3, -0.25) is 14.2 Å². The summed E-state index contributed by atoms with van der Waals surface area (Å²) in [5, 5.41) is 2.43. The molecule has 9 heteroatoms. The van der Waals surface area contributed by atoms with Gasteiger partial charge in [-0.1, -0.05) is 23.9 Å². The molecule has 1 aromatic carbocycles. The van der Waals surface area contributed by atoms with Crippen LogP contribution in [0.1, 0.15) is 0 Å². The van der Waals surface area contributed by atoms with Crippen molar-refractivity contribution >= 4 is 45.0 Å². The van der Waals surface area contributed by atoms with Crippen LogP contribution in [0.2, 0.25) is 0 Å². The molecule has 0 aliphatic carbocycles. The highest BCUT2D eigenvalue weighted by Crippen LogP contribution is 2.24. The first-order valence-corrected chi connectivity index (χ1v) is 8.57. The van der Waals surface area contributed by atoms with Gasteiger partial charge in [-0.2, -0.15) is 0 Å². The van der Waals surface area contributed by atoms with Gasteiger partial charge in [-0.05, 0) is 18.4 Å². The van der Waals surface area contributed by atoms with E-state index in [4.69, 9.17) is 0 Å². The molecule has 1 amide bonds. The van der Waals surface area contributed by atoms with Gasteiger partial charge in [0.1, 0.15) is 23.4 Å². The van der Waals surface area contributed by atoms with Crippen molar-refractivity contribution in [3.05, 3.63) is 46.8 Å². The first-order chi connectivity index (χ1) is 11.1. The van der Waals surface area contributed by atoms with Gasteiger partial charge in [0.15, 0.2) is 9.99 Å². The summed E-state index contributed by atoms with van der Waals surface area (Å²) >= 11 is 2.66. The Kier molecular flexibility index (Phi) is 4.39. The molecule has 23 heavy (non-hydrogen) atoms. The Hall–Kier alpha value is -2.26. The van der Waals surface area contributed by atoms with E-state index in [0.717, 1.165) is 4.34 Å². The second-order valence-corrected chi connectivity index (χ2v) is 6.59. The second-order valence-electron chi connectivity index (χ2n) is 4.54. The van der Waals surface area contributed by atoms with Crippen LogP contribution in [0.3, 0.4) is 0 Å². The standard InChI is InChI=1S/C14H11FN4O2S2/c1-22-14-18-12-11(23-14)13(21)19(7-16-12)6-10(20)17-9-5-3-2-4-8(9)15/h2-5,7H,6H2,1H3,(H,17,20).